The smallest absolute Gasteiger partial charge is 0.284 e. The number of halogens is 1. The van der Waals surface area contributed by atoms with Crippen LogP contribution >= 0.6 is 0 Å². The van der Waals surface area contributed by atoms with Crippen LogP contribution in [-0.2, 0) is 19.0 Å². The molecule has 8 nitrogen and oxygen atoms in total. The predicted molar refractivity (Wildman–Crippen MR) is 64.8 cm³/mol. The number of carbonyl (C=O) groups excluding carboxylic acids is 1. The summed E-state index contributed by atoms with van der Waals surface area (Å²) in [4.78, 5) is 12.2. The fourth-order valence-corrected chi connectivity index (χ4v) is 2.78. The second kappa shape index (κ2) is 4.89. The van der Waals surface area contributed by atoms with Crippen molar-refractivity contribution >= 4 is 5.91 Å². The van der Waals surface area contributed by atoms with Crippen molar-refractivity contribution in [3.63, 3.8) is 0 Å². The lowest BCUT2D eigenvalue weighted by atomic mass is 10.1. The molecule has 0 bridgehead atoms. The van der Waals surface area contributed by atoms with E-state index in [9.17, 15) is 19.4 Å². The van der Waals surface area contributed by atoms with E-state index in [4.69, 9.17) is 14.2 Å². The lowest BCUT2D eigenvalue weighted by molar-refractivity contribution is -0.219. The van der Waals surface area contributed by atoms with Crippen LogP contribution in [0.15, 0.2) is 12.0 Å². The second-order valence-corrected chi connectivity index (χ2v) is 5.58. The molecule has 5 unspecified atom stereocenters. The zero-order valence-corrected chi connectivity index (χ0v) is 11.5. The highest BCUT2D eigenvalue weighted by Gasteiger charge is 2.57. The fraction of sp³-hybridized carbons (Fsp3) is 0.750. The lowest BCUT2D eigenvalue weighted by Crippen LogP contribution is -2.56. The highest BCUT2D eigenvalue weighted by atomic mass is 19.1. The predicted octanol–water partition coefficient (Wildman–Crippen LogP) is -1.26. The van der Waals surface area contributed by atoms with Crippen molar-refractivity contribution in [2.45, 2.75) is 50.5 Å². The first-order chi connectivity index (χ1) is 9.82. The van der Waals surface area contributed by atoms with Crippen LogP contribution in [0.2, 0.25) is 0 Å². The molecule has 0 aromatic heterocycles. The van der Waals surface area contributed by atoms with Gasteiger partial charge in [-0.05, 0) is 13.8 Å². The summed E-state index contributed by atoms with van der Waals surface area (Å²) >= 11 is 0. The van der Waals surface area contributed by atoms with Crippen molar-refractivity contribution in [2.75, 3.05) is 6.61 Å². The number of rotatable bonds is 2. The summed E-state index contributed by atoms with van der Waals surface area (Å²) in [5.41, 5.74) is 0. The van der Waals surface area contributed by atoms with Gasteiger partial charge in [0.2, 0.25) is 12.2 Å². The molecule has 9 heteroatoms. The summed E-state index contributed by atoms with van der Waals surface area (Å²) in [6.07, 6.45) is -3.33. The van der Waals surface area contributed by atoms with Gasteiger partial charge in [-0.15, -0.1) is 0 Å². The van der Waals surface area contributed by atoms with Crippen LogP contribution in [0.1, 0.15) is 13.8 Å². The van der Waals surface area contributed by atoms with Gasteiger partial charge in [0.25, 0.3) is 5.91 Å². The van der Waals surface area contributed by atoms with Gasteiger partial charge in [0, 0.05) is 6.20 Å². The Bertz CT molecular complexity index is 484. The number of ether oxygens (including phenoxy) is 3. The molecule has 3 aliphatic heterocycles. The number of nitrogens with one attached hydrogen (secondary N) is 1. The third-order valence-electron chi connectivity index (χ3n) is 3.62. The first-order valence-electron chi connectivity index (χ1n) is 6.58. The summed E-state index contributed by atoms with van der Waals surface area (Å²) in [6, 6.07) is 0. The Labute approximate surface area is 120 Å². The normalized spacial score (nSPS) is 41.8. The second-order valence-electron chi connectivity index (χ2n) is 5.58. The summed E-state index contributed by atoms with van der Waals surface area (Å²) < 4.78 is 30.4. The van der Waals surface area contributed by atoms with Crippen LogP contribution in [0, 0.1) is 0 Å². The number of hydrogen-bond donors (Lipinski definition) is 3. The van der Waals surface area contributed by atoms with E-state index >= 15 is 0 Å². The number of nitrogens with zero attached hydrogens (tertiary/aromatic N) is 1. The maximum Gasteiger partial charge on any atom is 0.284 e. The maximum absolute atomic E-state index is 13.4. The van der Waals surface area contributed by atoms with Gasteiger partial charge in [0.1, 0.15) is 18.3 Å². The molecule has 0 saturated carbocycles. The molecule has 3 heterocycles. The largest absolute Gasteiger partial charge is 0.394 e. The van der Waals surface area contributed by atoms with Gasteiger partial charge in [-0.25, -0.2) is 0 Å². The molecule has 21 heavy (non-hydrogen) atoms. The van der Waals surface area contributed by atoms with Crippen LogP contribution in [0.4, 0.5) is 4.39 Å². The summed E-state index contributed by atoms with van der Waals surface area (Å²) in [7, 11) is 0. The monoisotopic (exact) mass is 304 g/mol. The van der Waals surface area contributed by atoms with E-state index in [-0.39, 0.29) is 6.61 Å². The van der Waals surface area contributed by atoms with E-state index in [0.717, 1.165) is 11.1 Å². The number of aliphatic hydroxyl groups excluding tert-OH is 2. The van der Waals surface area contributed by atoms with Gasteiger partial charge in [-0.1, -0.05) is 0 Å². The quantitative estimate of drug-likeness (QED) is 0.585. The Balaban J connectivity index is 1.87. The van der Waals surface area contributed by atoms with Gasteiger partial charge < -0.3 is 34.6 Å². The molecule has 3 aliphatic rings. The SMILES string of the molecule is CC1(C)OC2C(CO)OC(N3C=C(F)C(=O)NC3O)C2O1. The Morgan fingerprint density at radius 1 is 1.43 bits per heavy atom. The molecule has 0 aliphatic carbocycles. The van der Waals surface area contributed by atoms with E-state index in [2.05, 4.69) is 0 Å². The van der Waals surface area contributed by atoms with Crippen molar-refractivity contribution in [2.24, 2.45) is 0 Å². The van der Waals surface area contributed by atoms with Gasteiger partial charge in [0.15, 0.2) is 12.0 Å². The lowest BCUT2D eigenvalue weighted by Gasteiger charge is -2.36. The standard InChI is InChI=1S/C12H17FN2O6/c1-12(2)20-7-6(4-16)19-10(8(7)21-12)15-3-5(13)9(17)14-11(15)18/h3,6-8,10-11,16,18H,4H2,1-2H3,(H,14,17). The minimum atomic E-state index is -1.45. The molecule has 0 radical (unpaired) electrons. The molecule has 0 spiro atoms. The molecule has 2 saturated heterocycles. The van der Waals surface area contributed by atoms with E-state index in [0.29, 0.717) is 0 Å². The number of hydrogen-bond acceptors (Lipinski definition) is 7. The van der Waals surface area contributed by atoms with Crippen molar-refractivity contribution in [1.29, 1.82) is 0 Å². The highest BCUT2D eigenvalue weighted by Crippen LogP contribution is 2.40. The Morgan fingerprint density at radius 3 is 2.76 bits per heavy atom. The first kappa shape index (κ1) is 14.7. The molecule has 118 valence electrons. The average Bonchev–Trinajstić information content (AvgIpc) is 2.87. The molecular weight excluding hydrogens is 287 g/mol. The first-order valence-corrected chi connectivity index (χ1v) is 6.58. The average molecular weight is 304 g/mol. The molecular formula is C12H17FN2O6. The molecule has 3 N–H and O–H groups in total. The van der Waals surface area contributed by atoms with Crippen LogP contribution in [-0.4, -0.2) is 64.3 Å². The van der Waals surface area contributed by atoms with E-state index in [1.165, 1.54) is 0 Å². The minimum Gasteiger partial charge on any atom is -0.394 e. The molecule has 0 aromatic rings. The Kier molecular flexibility index (Phi) is 3.41. The third-order valence-corrected chi connectivity index (χ3v) is 3.62. The van der Waals surface area contributed by atoms with Gasteiger partial charge in [-0.2, -0.15) is 4.39 Å². The van der Waals surface area contributed by atoms with Gasteiger partial charge >= 0.3 is 0 Å². The molecule has 0 aromatic carbocycles. The molecule has 5 atom stereocenters. The molecule has 3 rings (SSSR count). The number of fused-ring (bicyclic) bond motifs is 1. The van der Waals surface area contributed by atoms with Crippen molar-refractivity contribution < 1.29 is 33.6 Å². The van der Waals surface area contributed by atoms with E-state index in [1.54, 1.807) is 13.8 Å². The summed E-state index contributed by atoms with van der Waals surface area (Å²) in [5, 5.41) is 21.3. The summed E-state index contributed by atoms with van der Waals surface area (Å²) in [6.45, 7) is 3.11. The Morgan fingerprint density at radius 2 is 2.10 bits per heavy atom. The van der Waals surface area contributed by atoms with Crippen LogP contribution in [0.25, 0.3) is 0 Å². The third kappa shape index (κ3) is 2.40. The van der Waals surface area contributed by atoms with Gasteiger partial charge in [-0.3, -0.25) is 4.79 Å². The number of amides is 1. The van der Waals surface area contributed by atoms with Crippen LogP contribution in [0.3, 0.4) is 0 Å². The Hall–Kier alpha value is -1.26. The van der Waals surface area contributed by atoms with Crippen molar-refractivity contribution in [1.82, 2.24) is 10.2 Å². The van der Waals surface area contributed by atoms with E-state index < -0.39 is 48.4 Å². The maximum atomic E-state index is 13.4. The van der Waals surface area contributed by atoms with Crippen LogP contribution < -0.4 is 5.32 Å². The highest BCUT2D eigenvalue weighted by molar-refractivity contribution is 5.91. The molecule has 1 amide bonds. The number of carbonyl (C=O) groups is 1. The van der Waals surface area contributed by atoms with Crippen LogP contribution in [0.5, 0.6) is 0 Å². The van der Waals surface area contributed by atoms with Crippen molar-refractivity contribution in [3.8, 4) is 0 Å². The molecule has 2 fully saturated rings. The fourth-order valence-electron chi connectivity index (χ4n) is 2.78. The zero-order valence-electron chi connectivity index (χ0n) is 11.5. The topological polar surface area (TPSA) is 100 Å². The number of aliphatic hydroxyl groups is 2. The zero-order chi connectivity index (χ0) is 15.4. The summed E-state index contributed by atoms with van der Waals surface area (Å²) in [5.74, 6) is -2.93. The van der Waals surface area contributed by atoms with E-state index in [1.807, 2.05) is 5.32 Å². The van der Waals surface area contributed by atoms with Gasteiger partial charge in [0.05, 0.1) is 6.61 Å². The minimum absolute atomic E-state index is 0.306. The van der Waals surface area contributed by atoms with Crippen molar-refractivity contribution in [3.05, 3.63) is 12.0 Å².